The fourth-order valence-electron chi connectivity index (χ4n) is 1.90. The average Bonchev–Trinajstić information content (AvgIpc) is 2.91. The summed E-state index contributed by atoms with van der Waals surface area (Å²) in [6.07, 6.45) is 3.14. The highest BCUT2D eigenvalue weighted by Crippen LogP contribution is 2.36. The van der Waals surface area contributed by atoms with Gasteiger partial charge in [0.05, 0.1) is 11.6 Å². The van der Waals surface area contributed by atoms with Crippen molar-refractivity contribution in [3.63, 3.8) is 0 Å². The van der Waals surface area contributed by atoms with Gasteiger partial charge < -0.3 is 5.73 Å². The Balaban J connectivity index is 2.37. The third-order valence-electron chi connectivity index (χ3n) is 3.34. The zero-order valence-corrected chi connectivity index (χ0v) is 9.30. The quantitative estimate of drug-likeness (QED) is 0.795. The molecule has 1 aromatic rings. The summed E-state index contributed by atoms with van der Waals surface area (Å²) in [5.41, 5.74) is 10.6. The summed E-state index contributed by atoms with van der Waals surface area (Å²) in [5.74, 6) is 0. The normalized spacial score (nSPS) is 17.2. The van der Waals surface area contributed by atoms with Crippen LogP contribution in [0.2, 0.25) is 0 Å². The van der Waals surface area contributed by atoms with E-state index in [2.05, 4.69) is 19.9 Å². The van der Waals surface area contributed by atoms with Crippen LogP contribution in [-0.4, -0.2) is 5.54 Å². The molecule has 0 unspecified atom stereocenters. The molecule has 1 aromatic carbocycles. The lowest BCUT2D eigenvalue weighted by Crippen LogP contribution is -2.25. The maximum absolute atomic E-state index is 8.91. The number of nitrogens with zero attached hydrogens (tertiary/aromatic N) is 1. The maximum Gasteiger partial charge on any atom is 0.0991 e. The van der Waals surface area contributed by atoms with E-state index in [0.29, 0.717) is 0 Å². The molecule has 2 nitrogen and oxygen atoms in total. The molecular formula is C13H16N2. The molecule has 78 valence electrons. The fourth-order valence-corrected chi connectivity index (χ4v) is 1.90. The molecule has 2 N–H and O–H groups in total. The molecule has 1 aliphatic rings. The van der Waals surface area contributed by atoms with Crippen LogP contribution in [0.3, 0.4) is 0 Å². The molecule has 2 heteroatoms. The van der Waals surface area contributed by atoms with E-state index in [1.165, 1.54) is 16.7 Å². The molecule has 0 aromatic heterocycles. The van der Waals surface area contributed by atoms with Crippen LogP contribution in [0.15, 0.2) is 12.1 Å². The minimum Gasteiger partial charge on any atom is -0.325 e. The van der Waals surface area contributed by atoms with Crippen LogP contribution >= 0.6 is 0 Å². The van der Waals surface area contributed by atoms with Gasteiger partial charge in [0.1, 0.15) is 0 Å². The van der Waals surface area contributed by atoms with Crippen LogP contribution in [0, 0.1) is 25.2 Å². The summed E-state index contributed by atoms with van der Waals surface area (Å²) in [6.45, 7) is 4.16. The molecule has 1 fully saturated rings. The second-order valence-corrected chi connectivity index (χ2v) is 4.73. The van der Waals surface area contributed by atoms with Crippen LogP contribution in [0.4, 0.5) is 0 Å². The minimum atomic E-state index is 0.0191. The first-order valence-electron chi connectivity index (χ1n) is 5.33. The summed E-state index contributed by atoms with van der Waals surface area (Å²) < 4.78 is 0. The number of hydrogen-bond donors (Lipinski definition) is 1. The van der Waals surface area contributed by atoms with Gasteiger partial charge in [0.25, 0.3) is 0 Å². The zero-order valence-electron chi connectivity index (χ0n) is 9.30. The van der Waals surface area contributed by atoms with E-state index >= 15 is 0 Å². The Bertz CT molecular complexity index is 437. The van der Waals surface area contributed by atoms with Gasteiger partial charge in [0, 0.05) is 5.54 Å². The highest BCUT2D eigenvalue weighted by molar-refractivity contribution is 5.43. The van der Waals surface area contributed by atoms with Crippen molar-refractivity contribution in [2.24, 2.45) is 5.73 Å². The van der Waals surface area contributed by atoms with Gasteiger partial charge in [-0.3, -0.25) is 0 Å². The number of rotatable bonds is 2. The van der Waals surface area contributed by atoms with E-state index in [9.17, 15) is 0 Å². The third kappa shape index (κ3) is 2.03. The average molecular weight is 200 g/mol. The number of aryl methyl sites for hydroxylation is 1. The van der Waals surface area contributed by atoms with E-state index < -0.39 is 0 Å². The smallest absolute Gasteiger partial charge is 0.0991 e. The van der Waals surface area contributed by atoms with E-state index in [1.807, 2.05) is 12.1 Å². The summed E-state index contributed by atoms with van der Waals surface area (Å²) >= 11 is 0. The van der Waals surface area contributed by atoms with Crippen molar-refractivity contribution in [3.05, 3.63) is 34.4 Å². The number of nitrogens with two attached hydrogens (primary N) is 1. The molecule has 15 heavy (non-hydrogen) atoms. The minimum absolute atomic E-state index is 0.0191. The molecule has 0 heterocycles. The van der Waals surface area contributed by atoms with E-state index in [-0.39, 0.29) is 5.54 Å². The Hall–Kier alpha value is -1.33. The van der Waals surface area contributed by atoms with E-state index in [1.54, 1.807) is 0 Å². The second-order valence-electron chi connectivity index (χ2n) is 4.73. The largest absolute Gasteiger partial charge is 0.325 e. The number of benzene rings is 1. The number of nitriles is 1. The summed E-state index contributed by atoms with van der Waals surface area (Å²) in [4.78, 5) is 0. The van der Waals surface area contributed by atoms with Gasteiger partial charge in [-0.25, -0.2) is 0 Å². The second kappa shape index (κ2) is 3.36. The van der Waals surface area contributed by atoms with Crippen molar-refractivity contribution in [3.8, 4) is 6.07 Å². The molecule has 0 saturated heterocycles. The SMILES string of the molecule is Cc1cc(C#N)cc(CC2(N)CC2)c1C. The Morgan fingerprint density at radius 1 is 1.40 bits per heavy atom. The molecule has 0 radical (unpaired) electrons. The van der Waals surface area contributed by atoms with Crippen LogP contribution in [0.5, 0.6) is 0 Å². The van der Waals surface area contributed by atoms with E-state index in [0.717, 1.165) is 24.8 Å². The van der Waals surface area contributed by atoms with Crippen LogP contribution in [0.25, 0.3) is 0 Å². The molecular weight excluding hydrogens is 184 g/mol. The van der Waals surface area contributed by atoms with Crippen LogP contribution in [-0.2, 0) is 6.42 Å². The van der Waals surface area contributed by atoms with Crippen LogP contribution < -0.4 is 5.73 Å². The highest BCUT2D eigenvalue weighted by Gasteiger charge is 2.38. The molecule has 0 amide bonds. The lowest BCUT2D eigenvalue weighted by molar-refractivity contribution is 0.669. The van der Waals surface area contributed by atoms with Crippen LogP contribution in [0.1, 0.15) is 35.1 Å². The molecule has 0 aliphatic heterocycles. The summed E-state index contributed by atoms with van der Waals surface area (Å²) in [5, 5.41) is 8.91. The standard InChI is InChI=1S/C13H16N2/c1-9-5-11(8-14)6-12(10(9)2)7-13(15)3-4-13/h5-6H,3-4,7,15H2,1-2H3. The summed E-state index contributed by atoms with van der Waals surface area (Å²) in [6, 6.07) is 6.12. The van der Waals surface area contributed by atoms with E-state index in [4.69, 9.17) is 11.0 Å². The van der Waals surface area contributed by atoms with Gasteiger partial charge in [-0.05, 0) is 61.9 Å². The van der Waals surface area contributed by atoms with Crippen molar-refractivity contribution in [2.75, 3.05) is 0 Å². The predicted molar refractivity (Wildman–Crippen MR) is 60.5 cm³/mol. The van der Waals surface area contributed by atoms with Gasteiger partial charge >= 0.3 is 0 Å². The molecule has 1 aliphatic carbocycles. The number of hydrogen-bond acceptors (Lipinski definition) is 2. The fraction of sp³-hybridized carbons (Fsp3) is 0.462. The van der Waals surface area contributed by atoms with Crippen molar-refractivity contribution in [1.29, 1.82) is 5.26 Å². The van der Waals surface area contributed by atoms with Crippen molar-refractivity contribution in [1.82, 2.24) is 0 Å². The topological polar surface area (TPSA) is 49.8 Å². The third-order valence-corrected chi connectivity index (χ3v) is 3.34. The summed E-state index contributed by atoms with van der Waals surface area (Å²) in [7, 11) is 0. The highest BCUT2D eigenvalue weighted by atomic mass is 14.8. The van der Waals surface area contributed by atoms with Gasteiger partial charge in [0.15, 0.2) is 0 Å². The molecule has 2 rings (SSSR count). The molecule has 0 atom stereocenters. The van der Waals surface area contributed by atoms with Gasteiger partial charge in [-0.15, -0.1) is 0 Å². The predicted octanol–water partition coefficient (Wildman–Crippen LogP) is 2.21. The molecule has 0 bridgehead atoms. The van der Waals surface area contributed by atoms with Crippen molar-refractivity contribution >= 4 is 0 Å². The van der Waals surface area contributed by atoms with Crippen molar-refractivity contribution < 1.29 is 0 Å². The lowest BCUT2D eigenvalue weighted by Gasteiger charge is -2.13. The van der Waals surface area contributed by atoms with Gasteiger partial charge in [-0.2, -0.15) is 5.26 Å². The molecule has 0 spiro atoms. The first-order valence-corrected chi connectivity index (χ1v) is 5.33. The monoisotopic (exact) mass is 200 g/mol. The lowest BCUT2D eigenvalue weighted by atomic mass is 9.94. The zero-order chi connectivity index (χ0) is 11.1. The molecule has 1 saturated carbocycles. The van der Waals surface area contributed by atoms with Gasteiger partial charge in [-0.1, -0.05) is 0 Å². The van der Waals surface area contributed by atoms with Crippen molar-refractivity contribution in [2.45, 2.75) is 38.6 Å². The Morgan fingerprint density at radius 3 is 2.60 bits per heavy atom. The Kier molecular flexibility index (Phi) is 2.28. The first-order chi connectivity index (χ1) is 7.04. The van der Waals surface area contributed by atoms with Gasteiger partial charge in [0.2, 0.25) is 0 Å². The maximum atomic E-state index is 8.91. The first kappa shape index (κ1) is 10.2. The Morgan fingerprint density at radius 2 is 2.07 bits per heavy atom. The Labute approximate surface area is 90.7 Å².